The van der Waals surface area contributed by atoms with Gasteiger partial charge in [0.05, 0.1) is 13.2 Å². The molecule has 2 heterocycles. The molecule has 1 saturated heterocycles. The number of alkyl carbamates (subject to hydrolysis) is 1. The monoisotopic (exact) mass is 459 g/mol. The molecule has 0 unspecified atom stereocenters. The van der Waals surface area contributed by atoms with Crippen molar-refractivity contribution in [3.05, 3.63) is 66.4 Å². The topological polar surface area (TPSA) is 71.0 Å². The van der Waals surface area contributed by atoms with Crippen molar-refractivity contribution >= 4 is 23.3 Å². The summed E-state index contributed by atoms with van der Waals surface area (Å²) in [4.78, 5) is 31.9. The van der Waals surface area contributed by atoms with E-state index in [-0.39, 0.29) is 17.9 Å². The van der Waals surface area contributed by atoms with Gasteiger partial charge in [-0.15, -0.1) is 0 Å². The first kappa shape index (κ1) is 23.7. The van der Waals surface area contributed by atoms with E-state index in [1.807, 2.05) is 43.1 Å². The lowest BCUT2D eigenvalue weighted by molar-refractivity contribution is -0.133. The quantitative estimate of drug-likeness (QED) is 0.611. The predicted octanol–water partition coefficient (Wildman–Crippen LogP) is 5.30. The average molecular weight is 460 g/mol. The van der Waals surface area contributed by atoms with E-state index in [1.165, 1.54) is 23.8 Å². The Balaban J connectivity index is 1.43. The number of likely N-dealkylation sites (tertiary alicyclic amines) is 1. The largest absolute Gasteiger partial charge is 0.453 e. The molecule has 0 bridgehead atoms. The number of carbonyl (C=O) groups is 2. The van der Waals surface area contributed by atoms with Gasteiger partial charge in [-0.05, 0) is 47.4 Å². The first-order valence-electron chi connectivity index (χ1n) is 12.0. The first-order chi connectivity index (χ1) is 16.5. The van der Waals surface area contributed by atoms with Crippen LogP contribution in [-0.2, 0) is 9.53 Å². The normalized spacial score (nSPS) is 18.5. The Labute approximate surface area is 201 Å². The molecule has 1 N–H and O–H groups in total. The number of nitrogens with zero attached hydrogens (tertiary/aromatic N) is 2. The number of amides is 2. The number of hydrogen-bond acceptors (Lipinski definition) is 4. The van der Waals surface area contributed by atoms with Crippen LogP contribution in [0.4, 0.5) is 4.79 Å². The number of methoxy groups -OCH3 is 1. The van der Waals surface area contributed by atoms with E-state index in [4.69, 9.17) is 9.73 Å². The van der Waals surface area contributed by atoms with Crippen molar-refractivity contribution in [3.8, 4) is 11.1 Å². The minimum absolute atomic E-state index is 0.0287. The highest BCUT2D eigenvalue weighted by Gasteiger charge is 2.37. The zero-order chi connectivity index (χ0) is 24.1. The molecule has 6 heteroatoms. The summed E-state index contributed by atoms with van der Waals surface area (Å²) < 4.78 is 4.75. The second-order valence-electron chi connectivity index (χ2n) is 9.40. The maximum absolute atomic E-state index is 13.4. The molecular weight excluding hydrogens is 426 g/mol. The minimum Gasteiger partial charge on any atom is -0.453 e. The molecule has 2 aromatic rings. The number of carbonyl (C=O) groups excluding carboxylic acids is 2. The van der Waals surface area contributed by atoms with Crippen molar-refractivity contribution in [2.45, 2.75) is 51.6 Å². The Morgan fingerprint density at radius 2 is 1.74 bits per heavy atom. The fourth-order valence-corrected chi connectivity index (χ4v) is 4.81. The van der Waals surface area contributed by atoms with Gasteiger partial charge in [0.2, 0.25) is 5.91 Å². The number of hydrogen-bond donors (Lipinski definition) is 1. The molecule has 0 aromatic heterocycles. The molecule has 6 nitrogen and oxygen atoms in total. The zero-order valence-electron chi connectivity index (χ0n) is 20.2. The Bertz CT molecular complexity index is 1070. The van der Waals surface area contributed by atoms with Crippen LogP contribution in [-0.4, -0.2) is 48.4 Å². The summed E-state index contributed by atoms with van der Waals surface area (Å²) >= 11 is 0. The van der Waals surface area contributed by atoms with Crippen molar-refractivity contribution in [2.24, 2.45) is 10.9 Å². The Morgan fingerprint density at radius 1 is 1.06 bits per heavy atom. The lowest BCUT2D eigenvalue weighted by Crippen LogP contribution is -2.52. The van der Waals surface area contributed by atoms with Gasteiger partial charge in [-0.25, -0.2) is 4.79 Å². The van der Waals surface area contributed by atoms with Gasteiger partial charge in [0.25, 0.3) is 0 Å². The molecular formula is C28H33N3O3. The fourth-order valence-electron chi connectivity index (χ4n) is 4.81. The maximum atomic E-state index is 13.4. The third kappa shape index (κ3) is 5.38. The summed E-state index contributed by atoms with van der Waals surface area (Å²) in [6, 6.07) is 18.3. The molecule has 0 spiro atoms. The smallest absolute Gasteiger partial charge is 0.407 e. The van der Waals surface area contributed by atoms with Gasteiger partial charge in [-0.1, -0.05) is 68.4 Å². The molecule has 2 aliphatic rings. The molecule has 0 aliphatic carbocycles. The summed E-state index contributed by atoms with van der Waals surface area (Å²) in [5, 5.41) is 2.73. The molecule has 2 atom stereocenters. The van der Waals surface area contributed by atoms with Crippen LogP contribution in [0.15, 0.2) is 65.8 Å². The molecule has 0 radical (unpaired) electrons. The van der Waals surface area contributed by atoms with Crippen molar-refractivity contribution in [2.75, 3.05) is 13.7 Å². The minimum atomic E-state index is -0.590. The molecule has 2 aromatic carbocycles. The van der Waals surface area contributed by atoms with Crippen molar-refractivity contribution in [1.29, 1.82) is 0 Å². The van der Waals surface area contributed by atoms with Gasteiger partial charge < -0.3 is 15.0 Å². The van der Waals surface area contributed by atoms with Crippen LogP contribution in [0.3, 0.4) is 0 Å². The van der Waals surface area contributed by atoms with Gasteiger partial charge in [0, 0.05) is 24.9 Å². The van der Waals surface area contributed by atoms with Crippen LogP contribution in [0, 0.1) is 5.92 Å². The van der Waals surface area contributed by atoms with Crippen molar-refractivity contribution in [3.63, 3.8) is 0 Å². The van der Waals surface area contributed by atoms with Gasteiger partial charge in [0.15, 0.2) is 0 Å². The second kappa shape index (κ2) is 10.7. The molecule has 2 aliphatic heterocycles. The third-order valence-electron chi connectivity index (χ3n) is 6.52. The van der Waals surface area contributed by atoms with Crippen LogP contribution in [0.1, 0.15) is 45.1 Å². The van der Waals surface area contributed by atoms with Gasteiger partial charge >= 0.3 is 6.09 Å². The van der Waals surface area contributed by atoms with Crippen molar-refractivity contribution < 1.29 is 14.3 Å². The summed E-state index contributed by atoms with van der Waals surface area (Å²) in [5.41, 5.74) is 5.72. The van der Waals surface area contributed by atoms with Crippen LogP contribution in [0.2, 0.25) is 0 Å². The van der Waals surface area contributed by atoms with Crippen LogP contribution in [0.25, 0.3) is 16.7 Å². The number of ether oxygens (including phenoxy) is 1. The highest BCUT2D eigenvalue weighted by molar-refractivity contribution is 6.03. The van der Waals surface area contributed by atoms with Gasteiger partial charge in [-0.3, -0.25) is 9.79 Å². The molecule has 34 heavy (non-hydrogen) atoms. The van der Waals surface area contributed by atoms with E-state index in [9.17, 15) is 9.59 Å². The molecule has 4 rings (SSSR count). The standard InChI is InChI=1S/C28H33N3O3/c1-19(2)16-25(30-28(33)34-3)27(32)31-15-7-10-26(31)24-17-23(18-29-24)22-13-11-21(12-14-22)20-8-5-4-6-9-20/h4-6,8-9,11-14,18-19,25-26H,7,10,15-17H2,1-3H3,(H,30,33)/t25-,26-/m0/s1. The SMILES string of the molecule is COC(=O)N[C@@H](CC(C)C)C(=O)N1CCC[C@H]1C1=NC=C(c2ccc(-c3ccccc3)cc2)C1. The summed E-state index contributed by atoms with van der Waals surface area (Å²) in [5.74, 6) is 0.216. The maximum Gasteiger partial charge on any atom is 0.407 e. The van der Waals surface area contributed by atoms with E-state index in [2.05, 4.69) is 41.7 Å². The van der Waals surface area contributed by atoms with Crippen LogP contribution < -0.4 is 5.32 Å². The number of allylic oxidation sites excluding steroid dienone is 1. The molecule has 2 amide bonds. The number of nitrogens with one attached hydrogen (secondary N) is 1. The van der Waals surface area contributed by atoms with E-state index in [0.717, 1.165) is 30.5 Å². The second-order valence-corrected chi connectivity index (χ2v) is 9.40. The molecule has 178 valence electrons. The Morgan fingerprint density at radius 3 is 2.41 bits per heavy atom. The Hall–Kier alpha value is -3.41. The van der Waals surface area contributed by atoms with E-state index < -0.39 is 12.1 Å². The summed E-state index contributed by atoms with van der Waals surface area (Å²) in [6.07, 6.45) is 4.50. The number of aliphatic imine (C=N–C) groups is 1. The lowest BCUT2D eigenvalue weighted by atomic mass is 9.96. The number of benzene rings is 2. The average Bonchev–Trinajstić information content (AvgIpc) is 3.53. The summed E-state index contributed by atoms with van der Waals surface area (Å²) in [7, 11) is 1.32. The number of rotatable bonds is 7. The lowest BCUT2D eigenvalue weighted by Gasteiger charge is -2.30. The Kier molecular flexibility index (Phi) is 7.46. The zero-order valence-corrected chi connectivity index (χ0v) is 20.2. The molecule has 0 saturated carbocycles. The highest BCUT2D eigenvalue weighted by atomic mass is 16.5. The van der Waals surface area contributed by atoms with E-state index >= 15 is 0 Å². The van der Waals surface area contributed by atoms with Crippen LogP contribution in [0.5, 0.6) is 0 Å². The first-order valence-corrected chi connectivity index (χ1v) is 12.0. The summed E-state index contributed by atoms with van der Waals surface area (Å²) in [6.45, 7) is 4.77. The predicted molar refractivity (Wildman–Crippen MR) is 135 cm³/mol. The van der Waals surface area contributed by atoms with Gasteiger partial charge in [-0.2, -0.15) is 0 Å². The van der Waals surface area contributed by atoms with Gasteiger partial charge in [0.1, 0.15) is 6.04 Å². The fraction of sp³-hybridized carbons (Fsp3) is 0.393. The van der Waals surface area contributed by atoms with Crippen molar-refractivity contribution in [1.82, 2.24) is 10.2 Å². The highest BCUT2D eigenvalue weighted by Crippen LogP contribution is 2.31. The third-order valence-corrected chi connectivity index (χ3v) is 6.52. The molecule has 1 fully saturated rings. The van der Waals surface area contributed by atoms with E-state index in [1.54, 1.807) is 0 Å². The van der Waals surface area contributed by atoms with E-state index in [0.29, 0.717) is 13.0 Å². The van der Waals surface area contributed by atoms with Crippen LogP contribution >= 0.6 is 0 Å².